The van der Waals surface area contributed by atoms with Crippen molar-refractivity contribution < 1.29 is 19.4 Å². The molecule has 0 fully saturated rings. The van der Waals surface area contributed by atoms with Gasteiger partial charge in [0.1, 0.15) is 0 Å². The first-order valence-electron chi connectivity index (χ1n) is 11.0. The van der Waals surface area contributed by atoms with E-state index in [4.69, 9.17) is 4.74 Å². The highest BCUT2D eigenvalue weighted by Crippen LogP contribution is 2.47. The molecular formula is C29H23NO4. The second-order valence-electron chi connectivity index (χ2n) is 8.22. The van der Waals surface area contributed by atoms with Crippen molar-refractivity contribution in [3.05, 3.63) is 119 Å². The molecule has 168 valence electrons. The Kier molecular flexibility index (Phi) is 5.60. The Morgan fingerprint density at radius 3 is 2.00 bits per heavy atom. The standard InChI is InChI=1S/C29H23NO4/c1-34-29(33)30(27-25-15-6-4-13-23(25)24-14-5-7-16-26(24)27)18-21-9-2-3-12-22(21)19-10-8-11-20(17-19)28(31)32/h2-17,27H,18H2,1H3,(H,31,32). The monoisotopic (exact) mass is 449 g/mol. The summed E-state index contributed by atoms with van der Waals surface area (Å²) < 4.78 is 5.23. The number of benzene rings is 4. The fourth-order valence-corrected chi connectivity index (χ4v) is 4.79. The van der Waals surface area contributed by atoms with E-state index in [1.165, 1.54) is 7.11 Å². The van der Waals surface area contributed by atoms with Gasteiger partial charge in [-0.15, -0.1) is 0 Å². The first-order chi connectivity index (χ1) is 16.6. The summed E-state index contributed by atoms with van der Waals surface area (Å²) in [5.41, 5.74) is 7.11. The molecule has 0 radical (unpaired) electrons. The van der Waals surface area contributed by atoms with E-state index in [9.17, 15) is 14.7 Å². The number of carbonyl (C=O) groups is 2. The molecule has 4 aromatic rings. The minimum absolute atomic E-state index is 0.218. The first-order valence-corrected chi connectivity index (χ1v) is 11.0. The maximum Gasteiger partial charge on any atom is 0.410 e. The molecule has 0 heterocycles. The molecule has 5 rings (SSSR count). The first kappa shape index (κ1) is 21.5. The number of methoxy groups -OCH3 is 1. The van der Waals surface area contributed by atoms with Crippen molar-refractivity contribution in [2.24, 2.45) is 0 Å². The SMILES string of the molecule is COC(=O)N(Cc1ccccc1-c1cccc(C(=O)O)c1)C1c2ccccc2-c2ccccc21. The van der Waals surface area contributed by atoms with E-state index >= 15 is 0 Å². The molecule has 34 heavy (non-hydrogen) atoms. The number of ether oxygens (including phenoxy) is 1. The van der Waals surface area contributed by atoms with Crippen LogP contribution in [0.4, 0.5) is 4.79 Å². The number of aromatic carboxylic acids is 1. The van der Waals surface area contributed by atoms with Crippen molar-refractivity contribution in [2.45, 2.75) is 12.6 Å². The summed E-state index contributed by atoms with van der Waals surface area (Å²) in [6, 6.07) is 30.5. The highest BCUT2D eigenvalue weighted by atomic mass is 16.5. The topological polar surface area (TPSA) is 66.8 Å². The molecule has 5 nitrogen and oxygen atoms in total. The fraction of sp³-hybridized carbons (Fsp3) is 0.103. The van der Waals surface area contributed by atoms with Crippen LogP contribution in [-0.2, 0) is 11.3 Å². The Morgan fingerprint density at radius 1 is 0.794 bits per heavy atom. The predicted molar refractivity (Wildman–Crippen MR) is 131 cm³/mol. The number of amides is 1. The predicted octanol–water partition coefficient (Wildman–Crippen LogP) is 6.39. The average molecular weight is 450 g/mol. The molecule has 0 atom stereocenters. The molecule has 0 unspecified atom stereocenters. The third kappa shape index (κ3) is 3.71. The third-order valence-corrected chi connectivity index (χ3v) is 6.30. The van der Waals surface area contributed by atoms with Gasteiger partial charge in [-0.3, -0.25) is 4.90 Å². The normalized spacial score (nSPS) is 12.0. The molecular weight excluding hydrogens is 426 g/mol. The number of carboxylic acid groups (broad SMARTS) is 1. The number of carboxylic acids is 1. The molecule has 0 spiro atoms. The lowest BCUT2D eigenvalue weighted by Gasteiger charge is -2.30. The van der Waals surface area contributed by atoms with Crippen LogP contribution in [0.1, 0.15) is 33.1 Å². The van der Waals surface area contributed by atoms with E-state index in [1.807, 2.05) is 54.6 Å². The van der Waals surface area contributed by atoms with Crippen molar-refractivity contribution in [2.75, 3.05) is 7.11 Å². The van der Waals surface area contributed by atoms with Crippen molar-refractivity contribution in [3.63, 3.8) is 0 Å². The second-order valence-corrected chi connectivity index (χ2v) is 8.22. The number of hydrogen-bond donors (Lipinski definition) is 1. The van der Waals surface area contributed by atoms with Gasteiger partial charge in [0.15, 0.2) is 0 Å². The van der Waals surface area contributed by atoms with Gasteiger partial charge < -0.3 is 9.84 Å². The van der Waals surface area contributed by atoms with Gasteiger partial charge in [0.25, 0.3) is 0 Å². The number of hydrogen-bond acceptors (Lipinski definition) is 3. The summed E-state index contributed by atoms with van der Waals surface area (Å²) >= 11 is 0. The molecule has 0 bridgehead atoms. The molecule has 5 heteroatoms. The second kappa shape index (κ2) is 8.87. The summed E-state index contributed by atoms with van der Waals surface area (Å²) in [5, 5.41) is 9.44. The van der Waals surface area contributed by atoms with Crippen LogP contribution in [0.5, 0.6) is 0 Å². The summed E-state index contributed by atoms with van der Waals surface area (Å²) in [6.07, 6.45) is -0.425. The van der Waals surface area contributed by atoms with Crippen LogP contribution in [0, 0.1) is 0 Å². The summed E-state index contributed by atoms with van der Waals surface area (Å²) in [5.74, 6) is -0.977. The fourth-order valence-electron chi connectivity index (χ4n) is 4.79. The van der Waals surface area contributed by atoms with E-state index in [0.717, 1.165) is 38.9 Å². The smallest absolute Gasteiger partial charge is 0.410 e. The van der Waals surface area contributed by atoms with Crippen molar-refractivity contribution >= 4 is 12.1 Å². The van der Waals surface area contributed by atoms with Gasteiger partial charge in [0, 0.05) is 0 Å². The van der Waals surface area contributed by atoms with E-state index < -0.39 is 12.1 Å². The zero-order valence-electron chi connectivity index (χ0n) is 18.6. The number of fused-ring (bicyclic) bond motifs is 3. The Labute approximate surface area is 197 Å². The van der Waals surface area contributed by atoms with E-state index in [1.54, 1.807) is 23.1 Å². The highest BCUT2D eigenvalue weighted by molar-refractivity contribution is 5.89. The molecule has 4 aromatic carbocycles. The van der Waals surface area contributed by atoms with Gasteiger partial charge in [-0.05, 0) is 51.1 Å². The zero-order valence-corrected chi connectivity index (χ0v) is 18.6. The van der Waals surface area contributed by atoms with Crippen LogP contribution in [-0.4, -0.2) is 29.2 Å². The lowest BCUT2D eigenvalue weighted by Crippen LogP contribution is -2.34. The molecule has 0 saturated carbocycles. The van der Waals surface area contributed by atoms with Gasteiger partial charge in [-0.2, -0.15) is 0 Å². The average Bonchev–Trinajstić information content (AvgIpc) is 3.21. The Hall–Kier alpha value is -4.38. The van der Waals surface area contributed by atoms with E-state index in [-0.39, 0.29) is 11.6 Å². The van der Waals surface area contributed by atoms with Gasteiger partial charge >= 0.3 is 12.1 Å². The minimum Gasteiger partial charge on any atom is -0.478 e. The molecule has 1 aliphatic carbocycles. The number of rotatable bonds is 5. The maximum absolute atomic E-state index is 13.1. The van der Waals surface area contributed by atoms with Crippen molar-refractivity contribution in [1.29, 1.82) is 0 Å². The molecule has 1 aliphatic rings. The zero-order chi connectivity index (χ0) is 23.7. The Morgan fingerprint density at radius 2 is 1.38 bits per heavy atom. The van der Waals surface area contributed by atoms with Crippen molar-refractivity contribution in [1.82, 2.24) is 4.90 Å². The molecule has 1 N–H and O–H groups in total. The molecule has 0 saturated heterocycles. The van der Waals surface area contributed by atoms with Gasteiger partial charge in [-0.1, -0.05) is 84.9 Å². The lowest BCUT2D eigenvalue weighted by atomic mass is 9.96. The largest absolute Gasteiger partial charge is 0.478 e. The van der Waals surface area contributed by atoms with Crippen LogP contribution in [0.3, 0.4) is 0 Å². The Balaban J connectivity index is 1.61. The minimum atomic E-state index is -0.977. The van der Waals surface area contributed by atoms with Crippen LogP contribution in [0.25, 0.3) is 22.3 Å². The number of carbonyl (C=O) groups excluding carboxylic acids is 1. The number of nitrogens with zero attached hydrogens (tertiary/aromatic N) is 1. The van der Waals surface area contributed by atoms with Gasteiger partial charge in [0.2, 0.25) is 0 Å². The summed E-state index contributed by atoms with van der Waals surface area (Å²) in [6.45, 7) is 0.299. The molecule has 1 amide bonds. The van der Waals surface area contributed by atoms with Crippen molar-refractivity contribution in [3.8, 4) is 22.3 Å². The molecule has 0 aromatic heterocycles. The van der Waals surface area contributed by atoms with E-state index in [2.05, 4.69) is 24.3 Å². The lowest BCUT2D eigenvalue weighted by molar-refractivity contribution is 0.0696. The van der Waals surface area contributed by atoms with Crippen LogP contribution in [0.15, 0.2) is 97.1 Å². The molecule has 0 aliphatic heterocycles. The third-order valence-electron chi connectivity index (χ3n) is 6.30. The van der Waals surface area contributed by atoms with Gasteiger partial charge in [0.05, 0.1) is 25.3 Å². The Bertz CT molecular complexity index is 1350. The maximum atomic E-state index is 13.1. The van der Waals surface area contributed by atoms with Crippen LogP contribution in [0.2, 0.25) is 0 Å². The summed E-state index contributed by atoms with van der Waals surface area (Å²) in [4.78, 5) is 26.4. The van der Waals surface area contributed by atoms with Crippen LogP contribution >= 0.6 is 0 Å². The quantitative estimate of drug-likeness (QED) is 0.383. The van der Waals surface area contributed by atoms with Gasteiger partial charge in [-0.25, -0.2) is 9.59 Å². The van der Waals surface area contributed by atoms with E-state index in [0.29, 0.717) is 6.54 Å². The highest BCUT2D eigenvalue weighted by Gasteiger charge is 2.36. The van der Waals surface area contributed by atoms with Crippen LogP contribution < -0.4 is 0 Å². The summed E-state index contributed by atoms with van der Waals surface area (Å²) in [7, 11) is 1.39.